The van der Waals surface area contributed by atoms with E-state index in [0.717, 1.165) is 11.3 Å². The van der Waals surface area contributed by atoms with Crippen molar-refractivity contribution in [3.63, 3.8) is 0 Å². The molecule has 0 atom stereocenters. The van der Waals surface area contributed by atoms with Crippen LogP contribution in [0.25, 0.3) is 0 Å². The molecule has 0 bridgehead atoms. The van der Waals surface area contributed by atoms with Gasteiger partial charge in [-0.1, -0.05) is 20.8 Å². The quantitative estimate of drug-likeness (QED) is 0.716. The first-order chi connectivity index (χ1) is 6.73. The van der Waals surface area contributed by atoms with Gasteiger partial charge < -0.3 is 10.6 Å². The van der Waals surface area contributed by atoms with Gasteiger partial charge in [0.1, 0.15) is 0 Å². The average Bonchev–Trinajstić information content (AvgIpc) is 2.06. The predicted octanol–water partition coefficient (Wildman–Crippen LogP) is 2.94. The molecule has 0 aliphatic carbocycles. The number of hydrogen-bond donors (Lipinski definition) is 1. The van der Waals surface area contributed by atoms with Crippen molar-refractivity contribution in [3.05, 3.63) is 23.3 Å². The molecule has 1 aromatic carbocycles. The van der Waals surface area contributed by atoms with Crippen molar-refractivity contribution in [2.75, 3.05) is 24.7 Å². The standard InChI is InChI=1S/C13H22N2/c1-9-7-10(15(5)6)8-11(12(9)14)13(2,3)4/h7-8H,14H2,1-6H3. The van der Waals surface area contributed by atoms with E-state index in [1.165, 1.54) is 11.3 Å². The van der Waals surface area contributed by atoms with Crippen molar-refractivity contribution in [1.82, 2.24) is 0 Å². The molecule has 0 fully saturated rings. The Hall–Kier alpha value is -1.18. The molecule has 0 unspecified atom stereocenters. The lowest BCUT2D eigenvalue weighted by Gasteiger charge is -2.25. The number of nitrogens with zero attached hydrogens (tertiary/aromatic N) is 1. The van der Waals surface area contributed by atoms with Crippen LogP contribution in [-0.2, 0) is 5.41 Å². The molecule has 0 aromatic heterocycles. The maximum atomic E-state index is 6.12. The van der Waals surface area contributed by atoms with Crippen molar-refractivity contribution in [2.45, 2.75) is 33.1 Å². The van der Waals surface area contributed by atoms with Crippen LogP contribution >= 0.6 is 0 Å². The van der Waals surface area contributed by atoms with Crippen molar-refractivity contribution in [3.8, 4) is 0 Å². The first kappa shape index (κ1) is 11.9. The van der Waals surface area contributed by atoms with Gasteiger partial charge in [0.05, 0.1) is 0 Å². The largest absolute Gasteiger partial charge is 0.398 e. The number of nitrogen functional groups attached to an aromatic ring is 1. The fourth-order valence-corrected chi connectivity index (χ4v) is 1.66. The van der Waals surface area contributed by atoms with Crippen molar-refractivity contribution < 1.29 is 0 Å². The summed E-state index contributed by atoms with van der Waals surface area (Å²) in [5.74, 6) is 0. The topological polar surface area (TPSA) is 29.3 Å². The van der Waals surface area contributed by atoms with Gasteiger partial charge in [-0.3, -0.25) is 0 Å². The lowest BCUT2D eigenvalue weighted by atomic mass is 9.84. The Morgan fingerprint density at radius 1 is 1.13 bits per heavy atom. The number of benzene rings is 1. The molecule has 84 valence electrons. The Kier molecular flexibility index (Phi) is 2.98. The van der Waals surface area contributed by atoms with Crippen LogP contribution in [0.4, 0.5) is 11.4 Å². The summed E-state index contributed by atoms with van der Waals surface area (Å²) >= 11 is 0. The van der Waals surface area contributed by atoms with Crippen molar-refractivity contribution in [1.29, 1.82) is 0 Å². The second-order valence-corrected chi connectivity index (χ2v) is 5.37. The summed E-state index contributed by atoms with van der Waals surface area (Å²) in [5.41, 5.74) is 10.7. The van der Waals surface area contributed by atoms with Gasteiger partial charge in [0.25, 0.3) is 0 Å². The van der Waals surface area contributed by atoms with E-state index in [4.69, 9.17) is 5.73 Å². The zero-order valence-corrected chi connectivity index (χ0v) is 10.7. The third-order valence-electron chi connectivity index (χ3n) is 2.70. The monoisotopic (exact) mass is 206 g/mol. The summed E-state index contributed by atoms with van der Waals surface area (Å²) < 4.78 is 0. The molecular formula is C13H22N2. The zero-order chi connectivity index (χ0) is 11.8. The smallest absolute Gasteiger partial charge is 0.0383 e. The molecule has 0 heterocycles. The minimum Gasteiger partial charge on any atom is -0.398 e. The van der Waals surface area contributed by atoms with Crippen LogP contribution in [0.2, 0.25) is 0 Å². The number of anilines is 2. The molecule has 1 aromatic rings. The number of nitrogens with two attached hydrogens (primary N) is 1. The van der Waals surface area contributed by atoms with E-state index < -0.39 is 0 Å². The maximum Gasteiger partial charge on any atom is 0.0383 e. The summed E-state index contributed by atoms with van der Waals surface area (Å²) in [6.45, 7) is 8.64. The highest BCUT2D eigenvalue weighted by atomic mass is 15.1. The van der Waals surface area contributed by atoms with E-state index in [0.29, 0.717) is 0 Å². The third-order valence-corrected chi connectivity index (χ3v) is 2.70. The molecule has 0 spiro atoms. The summed E-state index contributed by atoms with van der Waals surface area (Å²) in [6, 6.07) is 4.31. The van der Waals surface area contributed by atoms with E-state index >= 15 is 0 Å². The normalized spacial score (nSPS) is 11.6. The van der Waals surface area contributed by atoms with Gasteiger partial charge in [-0.25, -0.2) is 0 Å². The van der Waals surface area contributed by atoms with Gasteiger partial charge in [0, 0.05) is 25.5 Å². The highest BCUT2D eigenvalue weighted by Gasteiger charge is 2.19. The minimum absolute atomic E-state index is 0.0981. The van der Waals surface area contributed by atoms with E-state index in [-0.39, 0.29) is 5.41 Å². The molecule has 15 heavy (non-hydrogen) atoms. The summed E-state index contributed by atoms with van der Waals surface area (Å²) in [6.07, 6.45) is 0. The molecule has 0 aliphatic heterocycles. The van der Waals surface area contributed by atoms with Crippen LogP contribution in [-0.4, -0.2) is 14.1 Å². The molecule has 0 saturated heterocycles. The van der Waals surface area contributed by atoms with Gasteiger partial charge in [0.15, 0.2) is 0 Å². The Labute approximate surface area is 93.1 Å². The van der Waals surface area contributed by atoms with Gasteiger partial charge in [-0.15, -0.1) is 0 Å². The van der Waals surface area contributed by atoms with Crippen LogP contribution in [0.5, 0.6) is 0 Å². The Morgan fingerprint density at radius 2 is 1.67 bits per heavy atom. The van der Waals surface area contributed by atoms with Gasteiger partial charge in [-0.2, -0.15) is 0 Å². The minimum atomic E-state index is 0.0981. The van der Waals surface area contributed by atoms with Gasteiger partial charge in [-0.05, 0) is 35.6 Å². The number of aryl methyl sites for hydroxylation is 1. The summed E-state index contributed by atoms with van der Waals surface area (Å²) in [7, 11) is 4.11. The fourth-order valence-electron chi connectivity index (χ4n) is 1.66. The number of rotatable bonds is 1. The van der Waals surface area contributed by atoms with Crippen LogP contribution < -0.4 is 10.6 Å². The Bertz CT molecular complexity index is 360. The predicted molar refractivity (Wildman–Crippen MR) is 68.6 cm³/mol. The molecule has 0 amide bonds. The molecular weight excluding hydrogens is 184 g/mol. The Balaban J connectivity index is 3.38. The van der Waals surface area contributed by atoms with E-state index in [9.17, 15) is 0 Å². The van der Waals surface area contributed by atoms with Crippen LogP contribution in [0.15, 0.2) is 12.1 Å². The van der Waals surface area contributed by atoms with Crippen LogP contribution in [0.3, 0.4) is 0 Å². The maximum absolute atomic E-state index is 6.12. The SMILES string of the molecule is Cc1cc(N(C)C)cc(C(C)(C)C)c1N. The van der Waals surface area contributed by atoms with Gasteiger partial charge in [0.2, 0.25) is 0 Å². The molecule has 0 radical (unpaired) electrons. The molecule has 0 saturated carbocycles. The Morgan fingerprint density at radius 3 is 2.07 bits per heavy atom. The van der Waals surface area contributed by atoms with Crippen LogP contribution in [0, 0.1) is 6.92 Å². The highest BCUT2D eigenvalue weighted by molar-refractivity contribution is 5.64. The second kappa shape index (κ2) is 3.76. The van der Waals surface area contributed by atoms with E-state index in [2.05, 4.69) is 58.8 Å². The van der Waals surface area contributed by atoms with E-state index in [1.54, 1.807) is 0 Å². The summed E-state index contributed by atoms with van der Waals surface area (Å²) in [5, 5.41) is 0. The lowest BCUT2D eigenvalue weighted by Crippen LogP contribution is -2.17. The zero-order valence-electron chi connectivity index (χ0n) is 10.7. The molecule has 2 heteroatoms. The number of hydrogen-bond acceptors (Lipinski definition) is 2. The molecule has 1 rings (SSSR count). The van der Waals surface area contributed by atoms with Crippen molar-refractivity contribution >= 4 is 11.4 Å². The highest BCUT2D eigenvalue weighted by Crippen LogP contribution is 2.33. The van der Waals surface area contributed by atoms with Gasteiger partial charge >= 0.3 is 0 Å². The lowest BCUT2D eigenvalue weighted by molar-refractivity contribution is 0.592. The van der Waals surface area contributed by atoms with Crippen LogP contribution in [0.1, 0.15) is 31.9 Å². The van der Waals surface area contributed by atoms with E-state index in [1.807, 2.05) is 0 Å². The van der Waals surface area contributed by atoms with Crippen molar-refractivity contribution in [2.24, 2.45) is 0 Å². The first-order valence-electron chi connectivity index (χ1n) is 5.31. The molecule has 2 nitrogen and oxygen atoms in total. The molecule has 2 N–H and O–H groups in total. The molecule has 0 aliphatic rings. The third kappa shape index (κ3) is 2.44. The summed E-state index contributed by atoms with van der Waals surface area (Å²) in [4.78, 5) is 2.11. The first-order valence-corrected chi connectivity index (χ1v) is 5.31. The average molecular weight is 206 g/mol. The second-order valence-electron chi connectivity index (χ2n) is 5.37. The fraction of sp³-hybridized carbons (Fsp3) is 0.538.